The van der Waals surface area contributed by atoms with E-state index >= 15 is 0 Å². The van der Waals surface area contributed by atoms with Crippen LogP contribution in [0.5, 0.6) is 5.75 Å². The first-order chi connectivity index (χ1) is 12.1. The molecule has 1 saturated heterocycles. The molecule has 1 aliphatic heterocycles. The minimum Gasteiger partial charge on any atom is -0.497 e. The van der Waals surface area contributed by atoms with E-state index in [1.807, 2.05) is 0 Å². The van der Waals surface area contributed by atoms with Gasteiger partial charge in [0.25, 0.3) is 0 Å². The molecule has 0 bridgehead atoms. The van der Waals surface area contributed by atoms with Gasteiger partial charge in [0.1, 0.15) is 11.8 Å². The van der Waals surface area contributed by atoms with E-state index < -0.39 is 10.0 Å². The summed E-state index contributed by atoms with van der Waals surface area (Å²) in [7, 11) is -2.08. The third-order valence-corrected chi connectivity index (χ3v) is 6.73. The smallest absolute Gasteiger partial charge is 0.245 e. The van der Waals surface area contributed by atoms with Crippen molar-refractivity contribution in [2.45, 2.75) is 49.0 Å². The molecular weight excluding hydrogens is 342 g/mol. The number of benzene rings is 1. The van der Waals surface area contributed by atoms with Crippen molar-refractivity contribution in [2.24, 2.45) is 0 Å². The second-order valence-electron chi connectivity index (χ2n) is 6.57. The van der Waals surface area contributed by atoms with Crippen LogP contribution in [-0.4, -0.2) is 36.5 Å². The number of rotatable bonds is 5. The first-order valence-corrected chi connectivity index (χ1v) is 10.0. The quantitative estimate of drug-likeness (QED) is 0.812. The molecule has 0 amide bonds. The van der Waals surface area contributed by atoms with E-state index in [4.69, 9.17) is 9.26 Å². The Hall–Kier alpha value is -1.93. The fraction of sp³-hybridized carbons (Fsp3) is 0.529. The monoisotopic (exact) mass is 363 g/mol. The molecule has 134 valence electrons. The summed E-state index contributed by atoms with van der Waals surface area (Å²) in [5.74, 6) is 2.13. The van der Waals surface area contributed by atoms with Crippen LogP contribution in [0.2, 0.25) is 0 Å². The highest BCUT2D eigenvalue weighted by Gasteiger charge is 2.38. The number of nitrogens with zero attached hydrogens (tertiary/aromatic N) is 3. The van der Waals surface area contributed by atoms with E-state index in [-0.39, 0.29) is 10.9 Å². The first-order valence-electron chi connectivity index (χ1n) is 8.59. The summed E-state index contributed by atoms with van der Waals surface area (Å²) in [5.41, 5.74) is 0. The van der Waals surface area contributed by atoms with Gasteiger partial charge in [-0.1, -0.05) is 11.6 Å². The molecule has 2 heterocycles. The van der Waals surface area contributed by atoms with E-state index in [2.05, 4.69) is 10.1 Å². The van der Waals surface area contributed by atoms with Gasteiger partial charge in [-0.05, 0) is 49.9 Å². The number of hydrogen-bond donors (Lipinski definition) is 0. The van der Waals surface area contributed by atoms with Crippen molar-refractivity contribution in [1.29, 1.82) is 0 Å². The lowest BCUT2D eigenvalue weighted by Gasteiger charge is -2.32. The van der Waals surface area contributed by atoms with Crippen LogP contribution in [0.1, 0.15) is 55.8 Å². The van der Waals surface area contributed by atoms with E-state index in [9.17, 15) is 8.42 Å². The molecule has 2 fully saturated rings. The Bertz CT molecular complexity index is 843. The minimum absolute atomic E-state index is 0.252. The average Bonchev–Trinajstić information content (AvgIpc) is 3.39. The Balaban J connectivity index is 1.64. The second-order valence-corrected chi connectivity index (χ2v) is 8.46. The molecule has 25 heavy (non-hydrogen) atoms. The number of piperidine rings is 1. The van der Waals surface area contributed by atoms with Crippen molar-refractivity contribution in [3.05, 3.63) is 36.0 Å². The minimum atomic E-state index is -3.63. The van der Waals surface area contributed by atoms with Crippen molar-refractivity contribution in [3.63, 3.8) is 0 Å². The zero-order chi connectivity index (χ0) is 17.4. The zero-order valence-electron chi connectivity index (χ0n) is 14.1. The highest BCUT2D eigenvalue weighted by molar-refractivity contribution is 7.89. The van der Waals surface area contributed by atoms with E-state index in [0.29, 0.717) is 36.3 Å². The topological polar surface area (TPSA) is 85.5 Å². The van der Waals surface area contributed by atoms with E-state index in [1.165, 1.54) is 4.31 Å². The molecule has 0 radical (unpaired) electrons. The average molecular weight is 363 g/mol. The maximum atomic E-state index is 13.1. The Kier molecular flexibility index (Phi) is 4.24. The van der Waals surface area contributed by atoms with Crippen LogP contribution in [0.15, 0.2) is 33.7 Å². The molecule has 0 spiro atoms. The van der Waals surface area contributed by atoms with Crippen LogP contribution in [0.25, 0.3) is 0 Å². The summed E-state index contributed by atoms with van der Waals surface area (Å²) in [6.45, 7) is 0.459. The summed E-state index contributed by atoms with van der Waals surface area (Å²) >= 11 is 0. The Morgan fingerprint density at radius 1 is 1.16 bits per heavy atom. The SMILES string of the molecule is COc1ccc(S(=O)(=O)N2CCCC[C@H]2c2nc(C3CC3)no2)cc1. The van der Waals surface area contributed by atoms with Crippen LogP contribution >= 0.6 is 0 Å². The van der Waals surface area contributed by atoms with Crippen LogP contribution < -0.4 is 4.74 Å². The highest BCUT2D eigenvalue weighted by Crippen LogP contribution is 2.40. The number of ether oxygens (including phenoxy) is 1. The predicted octanol–water partition coefficient (Wildman–Crippen LogP) is 2.87. The van der Waals surface area contributed by atoms with Gasteiger partial charge >= 0.3 is 0 Å². The molecular formula is C17H21N3O4S. The van der Waals surface area contributed by atoms with Crippen molar-refractivity contribution < 1.29 is 17.7 Å². The lowest BCUT2D eigenvalue weighted by Crippen LogP contribution is -2.38. The van der Waals surface area contributed by atoms with Gasteiger partial charge in [0, 0.05) is 12.5 Å². The Morgan fingerprint density at radius 2 is 1.92 bits per heavy atom. The molecule has 1 aromatic heterocycles. The maximum Gasteiger partial charge on any atom is 0.245 e. The standard InChI is InChI=1S/C17H21N3O4S/c1-23-13-7-9-14(10-8-13)25(21,22)20-11-3-2-4-15(20)17-18-16(19-24-17)12-5-6-12/h7-10,12,15H,2-6,11H2,1H3/t15-/m0/s1. The van der Waals surface area contributed by atoms with Gasteiger partial charge in [-0.15, -0.1) is 0 Å². The van der Waals surface area contributed by atoms with E-state index in [1.54, 1.807) is 31.4 Å². The van der Waals surface area contributed by atoms with Gasteiger partial charge < -0.3 is 9.26 Å². The first kappa shape index (κ1) is 16.5. The zero-order valence-corrected chi connectivity index (χ0v) is 14.9. The van der Waals surface area contributed by atoms with Crippen molar-refractivity contribution in [2.75, 3.05) is 13.7 Å². The summed E-state index contributed by atoms with van der Waals surface area (Å²) in [5, 5.41) is 4.04. The third kappa shape index (κ3) is 3.16. The molecule has 4 rings (SSSR count). The largest absolute Gasteiger partial charge is 0.497 e. The molecule has 1 saturated carbocycles. The van der Waals surface area contributed by atoms with Crippen LogP contribution in [0, 0.1) is 0 Å². The Morgan fingerprint density at radius 3 is 2.60 bits per heavy atom. The van der Waals surface area contributed by atoms with Crippen LogP contribution in [-0.2, 0) is 10.0 Å². The van der Waals surface area contributed by atoms with Gasteiger partial charge in [-0.25, -0.2) is 8.42 Å². The molecule has 7 nitrogen and oxygen atoms in total. The van der Waals surface area contributed by atoms with Gasteiger partial charge in [0.05, 0.1) is 12.0 Å². The van der Waals surface area contributed by atoms with Crippen molar-refractivity contribution in [1.82, 2.24) is 14.4 Å². The summed E-state index contributed by atoms with van der Waals surface area (Å²) in [6, 6.07) is 6.07. The summed E-state index contributed by atoms with van der Waals surface area (Å²) in [6.07, 6.45) is 4.63. The lowest BCUT2D eigenvalue weighted by molar-refractivity contribution is 0.204. The third-order valence-electron chi connectivity index (χ3n) is 4.80. The van der Waals surface area contributed by atoms with Crippen molar-refractivity contribution in [3.8, 4) is 5.75 Å². The number of sulfonamides is 1. The molecule has 2 aromatic rings. The molecule has 1 atom stereocenters. The van der Waals surface area contributed by atoms with Gasteiger partial charge in [0.15, 0.2) is 5.82 Å². The van der Waals surface area contributed by atoms with E-state index in [0.717, 1.165) is 25.7 Å². The van der Waals surface area contributed by atoms with Gasteiger partial charge in [-0.3, -0.25) is 0 Å². The molecule has 1 aliphatic carbocycles. The molecule has 8 heteroatoms. The maximum absolute atomic E-state index is 13.1. The molecule has 1 aromatic carbocycles. The fourth-order valence-corrected chi connectivity index (χ4v) is 4.86. The fourth-order valence-electron chi connectivity index (χ4n) is 3.21. The van der Waals surface area contributed by atoms with Crippen molar-refractivity contribution >= 4 is 10.0 Å². The number of aromatic nitrogens is 2. The Labute approximate surface area is 147 Å². The normalized spacial score (nSPS) is 22.0. The summed E-state index contributed by atoms with van der Waals surface area (Å²) in [4.78, 5) is 4.73. The highest BCUT2D eigenvalue weighted by atomic mass is 32.2. The van der Waals surface area contributed by atoms with Gasteiger partial charge in [-0.2, -0.15) is 9.29 Å². The second kappa shape index (κ2) is 6.42. The van der Waals surface area contributed by atoms with Crippen LogP contribution in [0.3, 0.4) is 0 Å². The number of hydrogen-bond acceptors (Lipinski definition) is 6. The molecule has 0 N–H and O–H groups in total. The van der Waals surface area contributed by atoms with Crippen LogP contribution in [0.4, 0.5) is 0 Å². The summed E-state index contributed by atoms with van der Waals surface area (Å²) < 4.78 is 38.3. The molecule has 2 aliphatic rings. The molecule has 0 unspecified atom stereocenters. The lowest BCUT2D eigenvalue weighted by atomic mass is 10.1. The van der Waals surface area contributed by atoms with Gasteiger partial charge in [0.2, 0.25) is 15.9 Å². The predicted molar refractivity (Wildman–Crippen MR) is 89.8 cm³/mol. The number of methoxy groups -OCH3 is 1.